The number of pyridine rings is 1. The fraction of sp³-hybridized carbons (Fsp3) is 0.208. The summed E-state index contributed by atoms with van der Waals surface area (Å²) in [5.74, 6) is 3.20. The van der Waals surface area contributed by atoms with Gasteiger partial charge in [-0.15, -0.1) is 0 Å². The van der Waals surface area contributed by atoms with Gasteiger partial charge in [0.2, 0.25) is 0 Å². The van der Waals surface area contributed by atoms with Crippen molar-refractivity contribution < 1.29 is 9.32 Å². The van der Waals surface area contributed by atoms with E-state index in [1.54, 1.807) is 6.20 Å². The lowest BCUT2D eigenvalue weighted by Gasteiger charge is -2.11. The fourth-order valence-electron chi connectivity index (χ4n) is 3.80. The van der Waals surface area contributed by atoms with E-state index in [0.29, 0.717) is 34.7 Å². The molecule has 0 atom stereocenters. The van der Waals surface area contributed by atoms with Crippen LogP contribution in [0.2, 0.25) is 0 Å². The number of aryl methyl sites for hydroxylation is 2. The van der Waals surface area contributed by atoms with Crippen molar-refractivity contribution in [1.29, 1.82) is 0 Å². The number of rotatable bonds is 6. The largest absolute Gasteiger partial charge is 0.360 e. The first kappa shape index (κ1) is 20.6. The summed E-state index contributed by atoms with van der Waals surface area (Å²) in [6.45, 7) is 1.83. The van der Waals surface area contributed by atoms with Crippen LogP contribution in [0.25, 0.3) is 0 Å². The minimum absolute atomic E-state index is 0.251. The fourth-order valence-corrected chi connectivity index (χ4v) is 3.80. The molecule has 9 heteroatoms. The molecular weight excluding hydrogens is 418 g/mol. The summed E-state index contributed by atoms with van der Waals surface area (Å²) >= 11 is 0. The molecule has 0 saturated heterocycles. The first-order chi connectivity index (χ1) is 16.1. The van der Waals surface area contributed by atoms with Gasteiger partial charge in [0.1, 0.15) is 29.0 Å². The maximum atomic E-state index is 12.7. The number of carbonyl (C=O) groups excluding carboxylic acids is 1. The Labute approximate surface area is 190 Å². The zero-order valence-electron chi connectivity index (χ0n) is 18.1. The lowest BCUT2D eigenvalue weighted by molar-refractivity contribution is 0.101. The van der Waals surface area contributed by atoms with E-state index in [9.17, 15) is 4.79 Å². The SMILES string of the molecule is Cc1nc(Nc2ccc(NC(=O)c3noc4c3CCCC4)cc2)cc(Nc2ccccn2)n1. The minimum atomic E-state index is -0.251. The summed E-state index contributed by atoms with van der Waals surface area (Å²) in [6.07, 6.45) is 5.52. The van der Waals surface area contributed by atoms with Gasteiger partial charge in [-0.25, -0.2) is 15.0 Å². The summed E-state index contributed by atoms with van der Waals surface area (Å²) in [6, 6.07) is 14.8. The quantitative estimate of drug-likeness (QED) is 0.391. The first-order valence-electron chi connectivity index (χ1n) is 10.8. The number of amides is 1. The highest BCUT2D eigenvalue weighted by Crippen LogP contribution is 2.25. The van der Waals surface area contributed by atoms with E-state index in [0.717, 1.165) is 42.7 Å². The molecule has 3 aromatic heterocycles. The van der Waals surface area contributed by atoms with Crippen LogP contribution in [0.4, 0.5) is 28.8 Å². The second kappa shape index (κ2) is 9.07. The van der Waals surface area contributed by atoms with Crippen LogP contribution in [-0.2, 0) is 12.8 Å². The molecule has 4 aromatic rings. The number of aromatic nitrogens is 4. The maximum Gasteiger partial charge on any atom is 0.278 e. The van der Waals surface area contributed by atoms with Crippen LogP contribution in [0.5, 0.6) is 0 Å². The van der Waals surface area contributed by atoms with Gasteiger partial charge < -0.3 is 20.5 Å². The predicted octanol–water partition coefficient (Wildman–Crippen LogP) is 4.79. The van der Waals surface area contributed by atoms with E-state index in [2.05, 4.69) is 36.1 Å². The Kier molecular flexibility index (Phi) is 5.67. The highest BCUT2D eigenvalue weighted by molar-refractivity contribution is 6.04. The van der Waals surface area contributed by atoms with Crippen molar-refractivity contribution in [2.24, 2.45) is 0 Å². The van der Waals surface area contributed by atoms with Crippen molar-refractivity contribution in [2.75, 3.05) is 16.0 Å². The minimum Gasteiger partial charge on any atom is -0.360 e. The van der Waals surface area contributed by atoms with Crippen molar-refractivity contribution in [3.8, 4) is 0 Å². The molecule has 0 spiro atoms. The molecule has 1 aromatic carbocycles. The molecule has 0 fully saturated rings. The normalized spacial score (nSPS) is 12.6. The van der Waals surface area contributed by atoms with Crippen LogP contribution in [0.3, 0.4) is 0 Å². The van der Waals surface area contributed by atoms with Crippen LogP contribution in [0.15, 0.2) is 59.3 Å². The molecule has 3 N–H and O–H groups in total. The lowest BCUT2D eigenvalue weighted by Crippen LogP contribution is -2.15. The van der Waals surface area contributed by atoms with Crippen LogP contribution in [-0.4, -0.2) is 26.0 Å². The van der Waals surface area contributed by atoms with Crippen LogP contribution >= 0.6 is 0 Å². The zero-order chi connectivity index (χ0) is 22.6. The maximum absolute atomic E-state index is 12.7. The standard InChI is InChI=1S/C24H23N7O2/c1-15-26-21(14-22(27-15)30-20-8-4-5-13-25-20)28-16-9-11-17(12-10-16)29-24(32)23-18-6-2-3-7-19(18)33-31-23/h4-5,8-14H,2-3,6-7H2,1H3,(H,29,32)(H2,25,26,27,28,30). The average molecular weight is 441 g/mol. The summed E-state index contributed by atoms with van der Waals surface area (Å²) in [5.41, 5.74) is 2.82. The van der Waals surface area contributed by atoms with Gasteiger partial charge in [0.05, 0.1) is 0 Å². The summed E-state index contributed by atoms with van der Waals surface area (Å²) in [7, 11) is 0. The Hall–Kier alpha value is -4.27. The zero-order valence-corrected chi connectivity index (χ0v) is 18.1. The van der Waals surface area contributed by atoms with E-state index in [4.69, 9.17) is 4.52 Å². The van der Waals surface area contributed by atoms with Crippen LogP contribution in [0.1, 0.15) is 40.5 Å². The molecule has 5 rings (SSSR count). The van der Waals surface area contributed by atoms with Gasteiger partial charge in [-0.05, 0) is 62.6 Å². The molecule has 1 aliphatic carbocycles. The van der Waals surface area contributed by atoms with Crippen LogP contribution in [0, 0.1) is 6.92 Å². The Morgan fingerprint density at radius 2 is 1.67 bits per heavy atom. The number of benzene rings is 1. The van der Waals surface area contributed by atoms with Crippen molar-refractivity contribution >= 4 is 34.7 Å². The molecule has 3 heterocycles. The Bertz CT molecular complexity index is 1270. The number of carbonyl (C=O) groups is 1. The van der Waals surface area contributed by atoms with Crippen molar-refractivity contribution in [2.45, 2.75) is 32.6 Å². The molecule has 9 nitrogen and oxygen atoms in total. The van der Waals surface area contributed by atoms with Gasteiger partial charge in [-0.1, -0.05) is 11.2 Å². The summed E-state index contributed by atoms with van der Waals surface area (Å²) < 4.78 is 5.35. The molecule has 0 bridgehead atoms. The van der Waals surface area contributed by atoms with Crippen molar-refractivity contribution in [1.82, 2.24) is 20.1 Å². The van der Waals surface area contributed by atoms with E-state index >= 15 is 0 Å². The summed E-state index contributed by atoms with van der Waals surface area (Å²) in [4.78, 5) is 25.8. The smallest absolute Gasteiger partial charge is 0.278 e. The van der Waals surface area contributed by atoms with Gasteiger partial charge in [0.15, 0.2) is 5.69 Å². The second-order valence-electron chi connectivity index (χ2n) is 7.82. The lowest BCUT2D eigenvalue weighted by atomic mass is 9.96. The molecule has 166 valence electrons. The third-order valence-electron chi connectivity index (χ3n) is 5.34. The molecule has 0 radical (unpaired) electrons. The molecule has 1 amide bonds. The van der Waals surface area contributed by atoms with E-state index in [-0.39, 0.29) is 5.91 Å². The monoisotopic (exact) mass is 441 g/mol. The average Bonchev–Trinajstić information content (AvgIpc) is 3.25. The first-order valence-corrected chi connectivity index (χ1v) is 10.8. The van der Waals surface area contributed by atoms with Crippen molar-refractivity contribution in [3.05, 3.63) is 77.6 Å². The number of nitrogens with zero attached hydrogens (tertiary/aromatic N) is 4. The second-order valence-corrected chi connectivity index (χ2v) is 7.82. The Morgan fingerprint density at radius 1 is 0.909 bits per heavy atom. The molecule has 1 aliphatic rings. The topological polar surface area (TPSA) is 118 Å². The van der Waals surface area contributed by atoms with Gasteiger partial charge in [-0.2, -0.15) is 0 Å². The highest BCUT2D eigenvalue weighted by Gasteiger charge is 2.24. The number of hydrogen-bond donors (Lipinski definition) is 3. The number of nitrogens with one attached hydrogen (secondary N) is 3. The van der Waals surface area contributed by atoms with Gasteiger partial charge in [0, 0.05) is 35.6 Å². The Morgan fingerprint density at radius 3 is 2.45 bits per heavy atom. The van der Waals surface area contributed by atoms with Gasteiger partial charge >= 0.3 is 0 Å². The van der Waals surface area contributed by atoms with Crippen LogP contribution < -0.4 is 16.0 Å². The summed E-state index contributed by atoms with van der Waals surface area (Å²) in [5, 5.41) is 13.3. The number of anilines is 5. The third-order valence-corrected chi connectivity index (χ3v) is 5.34. The van der Waals surface area contributed by atoms with Gasteiger partial charge in [-0.3, -0.25) is 4.79 Å². The van der Waals surface area contributed by atoms with E-state index in [1.165, 1.54) is 0 Å². The number of fused-ring (bicyclic) bond motifs is 1. The number of hydrogen-bond acceptors (Lipinski definition) is 8. The molecular formula is C24H23N7O2. The van der Waals surface area contributed by atoms with Gasteiger partial charge in [0.25, 0.3) is 5.91 Å². The molecule has 33 heavy (non-hydrogen) atoms. The third kappa shape index (κ3) is 4.82. The Balaban J connectivity index is 1.25. The van der Waals surface area contributed by atoms with Crippen molar-refractivity contribution in [3.63, 3.8) is 0 Å². The highest BCUT2D eigenvalue weighted by atomic mass is 16.5. The van der Waals surface area contributed by atoms with E-state index in [1.807, 2.05) is 55.5 Å². The molecule has 0 unspecified atom stereocenters. The molecule has 0 aliphatic heterocycles. The predicted molar refractivity (Wildman–Crippen MR) is 125 cm³/mol. The van der Waals surface area contributed by atoms with E-state index < -0.39 is 0 Å². The molecule has 0 saturated carbocycles.